The predicted octanol–water partition coefficient (Wildman–Crippen LogP) is 4.83. The summed E-state index contributed by atoms with van der Waals surface area (Å²) in [6, 6.07) is 6.86. The Kier molecular flexibility index (Phi) is 7.92. The van der Waals surface area contributed by atoms with Gasteiger partial charge < -0.3 is 20.4 Å². The summed E-state index contributed by atoms with van der Waals surface area (Å²) in [5.41, 5.74) is 2.88. The molecule has 3 saturated carbocycles. The van der Waals surface area contributed by atoms with E-state index in [2.05, 4.69) is 30.4 Å². The fraction of sp³-hybridized carbons (Fsp3) is 0.625. The summed E-state index contributed by atoms with van der Waals surface area (Å²) < 4.78 is 0. The molecule has 5 rings (SSSR count). The number of amides is 1. The number of rotatable bonds is 8. The number of aliphatic hydroxyl groups excluding tert-OH is 1. The molecule has 0 radical (unpaired) electrons. The Morgan fingerprint density at radius 1 is 1.05 bits per heavy atom. The minimum atomic E-state index is -1.50. The largest absolute Gasteiger partial charge is 0.480 e. The van der Waals surface area contributed by atoms with E-state index in [1.165, 1.54) is 12.0 Å². The molecule has 1 amide bonds. The second-order valence-electron chi connectivity index (χ2n) is 12.9. The van der Waals surface area contributed by atoms with Crippen LogP contribution < -0.4 is 5.32 Å². The number of benzene rings is 1. The Labute approximate surface area is 236 Å². The normalized spacial score (nSPS) is 35.4. The minimum absolute atomic E-state index is 0.122. The molecule has 8 nitrogen and oxygen atoms in total. The maximum atomic E-state index is 12.4. The Hall–Kier alpha value is -3.00. The van der Waals surface area contributed by atoms with Crippen molar-refractivity contribution in [3.63, 3.8) is 0 Å². The fourth-order valence-electron chi connectivity index (χ4n) is 8.82. The number of oxime groups is 1. The maximum absolute atomic E-state index is 12.4. The number of allylic oxidation sites excluding steroid dienone is 2. The lowest BCUT2D eigenvalue weighted by molar-refractivity contribution is -0.146. The lowest BCUT2D eigenvalue weighted by Crippen LogP contribution is -2.51. The van der Waals surface area contributed by atoms with E-state index in [0.717, 1.165) is 50.7 Å². The highest BCUT2D eigenvalue weighted by molar-refractivity contribution is 5.96. The molecular weight excluding hydrogens is 508 g/mol. The summed E-state index contributed by atoms with van der Waals surface area (Å²) in [5, 5.41) is 26.6. The van der Waals surface area contributed by atoms with Crippen molar-refractivity contribution in [1.82, 2.24) is 5.32 Å². The van der Waals surface area contributed by atoms with Gasteiger partial charge in [0.15, 0.2) is 12.6 Å². The third-order valence-electron chi connectivity index (χ3n) is 10.9. The molecule has 1 aromatic rings. The first kappa shape index (κ1) is 28.5. The number of hydrogen-bond acceptors (Lipinski definition) is 6. The second-order valence-corrected chi connectivity index (χ2v) is 12.9. The number of fused-ring (bicyclic) bond motifs is 5. The van der Waals surface area contributed by atoms with E-state index in [9.17, 15) is 24.6 Å². The summed E-state index contributed by atoms with van der Waals surface area (Å²) in [6.45, 7) is 6.13. The van der Waals surface area contributed by atoms with E-state index in [1.807, 2.05) is 0 Å². The number of ketones is 1. The molecule has 3 N–H and O–H groups in total. The van der Waals surface area contributed by atoms with Crippen molar-refractivity contribution in [1.29, 1.82) is 0 Å². The van der Waals surface area contributed by atoms with Crippen molar-refractivity contribution in [2.75, 3.05) is 6.61 Å². The third kappa shape index (κ3) is 5.11. The lowest BCUT2D eigenvalue weighted by Gasteiger charge is -2.58. The van der Waals surface area contributed by atoms with E-state index in [4.69, 9.17) is 4.84 Å². The summed E-state index contributed by atoms with van der Waals surface area (Å²) in [6.07, 6.45) is 9.17. The minimum Gasteiger partial charge on any atom is -0.480 e. The lowest BCUT2D eigenvalue weighted by atomic mass is 9.46. The van der Waals surface area contributed by atoms with Gasteiger partial charge in [-0.2, -0.15) is 0 Å². The monoisotopic (exact) mass is 550 g/mol. The first-order valence-corrected chi connectivity index (χ1v) is 14.7. The van der Waals surface area contributed by atoms with E-state index in [-0.39, 0.29) is 16.7 Å². The predicted molar refractivity (Wildman–Crippen MR) is 150 cm³/mol. The van der Waals surface area contributed by atoms with Crippen molar-refractivity contribution in [3.8, 4) is 0 Å². The number of aliphatic hydroxyl groups is 1. The Morgan fingerprint density at radius 2 is 1.80 bits per heavy atom. The zero-order valence-electron chi connectivity index (χ0n) is 23.8. The van der Waals surface area contributed by atoms with Gasteiger partial charge in [-0.1, -0.05) is 54.9 Å². The van der Waals surface area contributed by atoms with Crippen LogP contribution in [-0.4, -0.2) is 46.2 Å². The number of carboxylic acids is 1. The number of hydrogen-bond donors (Lipinski definition) is 3. The molecular formula is C32H42N2O6. The standard InChI is InChI=1S/C32H42N2O6/c1-19(35)24-11-12-25-23-10-9-21-17-22(13-15-31(21,2)26(23)14-16-32(24,25)3)34-40-18-27(36)33-28(30(38)39)29(37)20-7-5-4-6-8-20/h4-8,17,23-26,28-29,37H,9-16,18H2,1-3H3,(H,33,36)(H,38,39)/t23-,24-,25-,26+,28+,29-,31+,32-/m1/s1. The molecule has 0 heterocycles. The van der Waals surface area contributed by atoms with Crippen LogP contribution in [0.25, 0.3) is 0 Å². The van der Waals surface area contributed by atoms with Crippen LogP contribution in [0.5, 0.6) is 0 Å². The van der Waals surface area contributed by atoms with Crippen molar-refractivity contribution in [3.05, 3.63) is 47.5 Å². The molecule has 0 unspecified atom stereocenters. The molecule has 1 aromatic carbocycles. The van der Waals surface area contributed by atoms with Crippen molar-refractivity contribution in [2.24, 2.45) is 39.7 Å². The number of carbonyl (C=O) groups is 3. The molecule has 4 aliphatic rings. The molecule has 3 fully saturated rings. The molecule has 8 atom stereocenters. The maximum Gasteiger partial charge on any atom is 0.329 e. The Bertz CT molecular complexity index is 1210. The number of nitrogens with one attached hydrogen (secondary N) is 1. The van der Waals surface area contributed by atoms with E-state index in [0.29, 0.717) is 29.1 Å². The molecule has 0 saturated heterocycles. The molecule has 216 valence electrons. The zero-order valence-corrected chi connectivity index (χ0v) is 23.8. The van der Waals surface area contributed by atoms with Gasteiger partial charge in [-0.15, -0.1) is 0 Å². The van der Waals surface area contributed by atoms with Gasteiger partial charge in [-0.3, -0.25) is 9.59 Å². The van der Waals surface area contributed by atoms with Gasteiger partial charge in [-0.25, -0.2) is 4.79 Å². The van der Waals surface area contributed by atoms with Crippen molar-refractivity contribution >= 4 is 23.4 Å². The van der Waals surface area contributed by atoms with Crippen LogP contribution in [0.1, 0.15) is 83.8 Å². The summed E-state index contributed by atoms with van der Waals surface area (Å²) in [7, 11) is 0. The zero-order chi connectivity index (χ0) is 28.7. The van der Waals surface area contributed by atoms with Crippen LogP contribution in [0, 0.1) is 34.5 Å². The average molecular weight is 551 g/mol. The summed E-state index contributed by atoms with van der Waals surface area (Å²) in [5.74, 6) is 0.502. The van der Waals surface area contributed by atoms with Crippen LogP contribution in [-0.2, 0) is 19.2 Å². The number of carboxylic acid groups (broad SMARTS) is 1. The van der Waals surface area contributed by atoms with E-state index in [1.54, 1.807) is 37.3 Å². The first-order chi connectivity index (χ1) is 19.0. The summed E-state index contributed by atoms with van der Waals surface area (Å²) >= 11 is 0. The highest BCUT2D eigenvalue weighted by atomic mass is 16.6. The van der Waals surface area contributed by atoms with Gasteiger partial charge in [0, 0.05) is 5.92 Å². The fourth-order valence-corrected chi connectivity index (χ4v) is 8.82. The number of Topliss-reactive ketones (excluding diaryl/α,β-unsaturated/α-hetero) is 1. The molecule has 4 aliphatic carbocycles. The van der Waals surface area contributed by atoms with Crippen LogP contribution in [0.15, 0.2) is 47.1 Å². The topological polar surface area (TPSA) is 125 Å². The van der Waals surface area contributed by atoms with Gasteiger partial charge in [0.1, 0.15) is 11.9 Å². The van der Waals surface area contributed by atoms with Crippen molar-refractivity contribution < 1.29 is 29.4 Å². The smallest absolute Gasteiger partial charge is 0.329 e. The van der Waals surface area contributed by atoms with E-state index < -0.39 is 30.6 Å². The highest BCUT2D eigenvalue weighted by Crippen LogP contribution is 2.66. The average Bonchev–Trinajstić information content (AvgIpc) is 3.29. The highest BCUT2D eigenvalue weighted by Gasteiger charge is 2.59. The molecule has 0 spiro atoms. The van der Waals surface area contributed by atoms with Crippen LogP contribution in [0.3, 0.4) is 0 Å². The first-order valence-electron chi connectivity index (χ1n) is 14.7. The molecule has 8 heteroatoms. The van der Waals surface area contributed by atoms with E-state index >= 15 is 0 Å². The third-order valence-corrected chi connectivity index (χ3v) is 10.9. The molecule has 0 aromatic heterocycles. The van der Waals surface area contributed by atoms with Gasteiger partial charge >= 0.3 is 5.97 Å². The van der Waals surface area contributed by atoms with Crippen LogP contribution >= 0.6 is 0 Å². The molecule has 40 heavy (non-hydrogen) atoms. The number of carbonyl (C=O) groups excluding carboxylic acids is 2. The van der Waals surface area contributed by atoms with Gasteiger partial charge in [0.05, 0.1) is 5.71 Å². The number of aliphatic carboxylic acids is 1. The Morgan fingerprint density at radius 3 is 2.50 bits per heavy atom. The van der Waals surface area contributed by atoms with Gasteiger partial charge in [-0.05, 0) is 98.5 Å². The quantitative estimate of drug-likeness (QED) is 0.398. The van der Waals surface area contributed by atoms with Gasteiger partial charge in [0.25, 0.3) is 5.91 Å². The van der Waals surface area contributed by atoms with Crippen LogP contribution in [0.4, 0.5) is 0 Å². The Balaban J connectivity index is 1.20. The number of nitrogens with zero attached hydrogens (tertiary/aromatic N) is 1. The molecule has 0 bridgehead atoms. The van der Waals surface area contributed by atoms with Gasteiger partial charge in [0.2, 0.25) is 0 Å². The van der Waals surface area contributed by atoms with Crippen molar-refractivity contribution in [2.45, 2.75) is 84.3 Å². The summed E-state index contributed by atoms with van der Waals surface area (Å²) in [4.78, 5) is 41.9. The second kappa shape index (κ2) is 11.1. The molecule has 0 aliphatic heterocycles. The van der Waals surface area contributed by atoms with Crippen LogP contribution in [0.2, 0.25) is 0 Å². The SMILES string of the molecule is CC(=O)[C@H]1CC[C@@H]2[C@H]3CCC4=CC(=NOCC(=O)N[C@H](C(=O)O)[C@H](O)c5ccccc5)CC[C@]4(C)[C@H]3CC[C@]12C.